The van der Waals surface area contributed by atoms with Crippen molar-refractivity contribution in [1.82, 2.24) is 0 Å². The van der Waals surface area contributed by atoms with Crippen molar-refractivity contribution >= 4 is 34.2 Å². The first kappa shape index (κ1) is 15.6. The molecule has 0 radical (unpaired) electrons. The number of carbonyl (C=O) groups is 1. The van der Waals surface area contributed by atoms with Crippen LogP contribution in [-0.2, 0) is 4.79 Å². The SMILES string of the molecule is CCOc1ccccc1NC(=O)COc1ccccc1I. The molecule has 1 N–H and O–H groups in total. The highest BCUT2D eigenvalue weighted by Gasteiger charge is 2.08. The average molecular weight is 397 g/mol. The van der Waals surface area contributed by atoms with Crippen LogP contribution in [0.3, 0.4) is 0 Å². The largest absolute Gasteiger partial charge is 0.492 e. The molecule has 0 bridgehead atoms. The summed E-state index contributed by atoms with van der Waals surface area (Å²) in [5, 5.41) is 2.79. The monoisotopic (exact) mass is 397 g/mol. The Hall–Kier alpha value is -1.76. The van der Waals surface area contributed by atoms with Gasteiger partial charge in [0.05, 0.1) is 15.9 Å². The molecule has 1 amide bonds. The van der Waals surface area contributed by atoms with Crippen molar-refractivity contribution in [2.45, 2.75) is 6.92 Å². The summed E-state index contributed by atoms with van der Waals surface area (Å²) in [7, 11) is 0. The molecule has 2 aromatic carbocycles. The first-order valence-corrected chi connectivity index (χ1v) is 7.67. The Labute approximate surface area is 137 Å². The van der Waals surface area contributed by atoms with Gasteiger partial charge in [0.15, 0.2) is 6.61 Å². The maximum absolute atomic E-state index is 12.0. The highest BCUT2D eigenvalue weighted by Crippen LogP contribution is 2.24. The van der Waals surface area contributed by atoms with Gasteiger partial charge in [0.1, 0.15) is 11.5 Å². The van der Waals surface area contributed by atoms with Crippen LogP contribution in [0.4, 0.5) is 5.69 Å². The number of benzene rings is 2. The van der Waals surface area contributed by atoms with Gasteiger partial charge in [-0.25, -0.2) is 0 Å². The summed E-state index contributed by atoms with van der Waals surface area (Å²) in [6.45, 7) is 2.41. The lowest BCUT2D eigenvalue weighted by Gasteiger charge is -2.12. The zero-order chi connectivity index (χ0) is 15.1. The summed E-state index contributed by atoms with van der Waals surface area (Å²) >= 11 is 2.17. The number of amides is 1. The Kier molecular flexibility index (Phi) is 5.86. The van der Waals surface area contributed by atoms with Crippen molar-refractivity contribution < 1.29 is 14.3 Å². The number of para-hydroxylation sites is 3. The van der Waals surface area contributed by atoms with Crippen molar-refractivity contribution in [2.75, 3.05) is 18.5 Å². The Morgan fingerprint density at radius 1 is 1.05 bits per heavy atom. The second-order valence-electron chi connectivity index (χ2n) is 4.20. The van der Waals surface area contributed by atoms with Crippen LogP contribution in [0, 0.1) is 3.57 Å². The van der Waals surface area contributed by atoms with Gasteiger partial charge < -0.3 is 14.8 Å². The normalized spacial score (nSPS) is 10.0. The lowest BCUT2D eigenvalue weighted by atomic mass is 10.3. The average Bonchev–Trinajstić information content (AvgIpc) is 2.49. The van der Waals surface area contributed by atoms with Gasteiger partial charge in [-0.05, 0) is 53.8 Å². The Balaban J connectivity index is 1.95. The second-order valence-corrected chi connectivity index (χ2v) is 5.36. The van der Waals surface area contributed by atoms with Crippen LogP contribution in [0.1, 0.15) is 6.92 Å². The van der Waals surface area contributed by atoms with Gasteiger partial charge in [0.25, 0.3) is 5.91 Å². The maximum Gasteiger partial charge on any atom is 0.262 e. The molecule has 0 saturated heterocycles. The van der Waals surface area contributed by atoms with E-state index in [2.05, 4.69) is 27.9 Å². The number of halogens is 1. The molecule has 0 aliphatic rings. The summed E-state index contributed by atoms with van der Waals surface area (Å²) in [5.74, 6) is 1.13. The van der Waals surface area contributed by atoms with E-state index < -0.39 is 0 Å². The molecule has 0 saturated carbocycles. The number of anilines is 1. The number of nitrogens with one attached hydrogen (secondary N) is 1. The molecule has 2 rings (SSSR count). The van der Waals surface area contributed by atoms with Crippen molar-refractivity contribution in [2.24, 2.45) is 0 Å². The molecular formula is C16H16INO3. The van der Waals surface area contributed by atoms with E-state index in [9.17, 15) is 4.79 Å². The Bertz CT molecular complexity index is 616. The highest BCUT2D eigenvalue weighted by molar-refractivity contribution is 14.1. The minimum atomic E-state index is -0.221. The van der Waals surface area contributed by atoms with Crippen LogP contribution in [0.15, 0.2) is 48.5 Å². The Morgan fingerprint density at radius 3 is 2.43 bits per heavy atom. The highest BCUT2D eigenvalue weighted by atomic mass is 127. The zero-order valence-corrected chi connectivity index (χ0v) is 13.8. The molecule has 5 heteroatoms. The van der Waals surface area contributed by atoms with Crippen molar-refractivity contribution in [3.05, 3.63) is 52.1 Å². The molecule has 110 valence electrons. The molecule has 0 fully saturated rings. The maximum atomic E-state index is 12.0. The number of hydrogen-bond acceptors (Lipinski definition) is 3. The van der Waals surface area contributed by atoms with E-state index in [1.807, 2.05) is 49.4 Å². The number of ether oxygens (including phenoxy) is 2. The lowest BCUT2D eigenvalue weighted by Crippen LogP contribution is -2.20. The fourth-order valence-electron chi connectivity index (χ4n) is 1.74. The molecule has 21 heavy (non-hydrogen) atoms. The van der Waals surface area contributed by atoms with E-state index in [0.29, 0.717) is 23.8 Å². The first-order chi connectivity index (χ1) is 10.2. The molecule has 2 aromatic rings. The molecule has 0 spiro atoms. The van der Waals surface area contributed by atoms with Gasteiger partial charge in [-0.2, -0.15) is 0 Å². The minimum Gasteiger partial charge on any atom is -0.492 e. The number of rotatable bonds is 6. The van der Waals surface area contributed by atoms with Crippen LogP contribution in [0.25, 0.3) is 0 Å². The van der Waals surface area contributed by atoms with Crippen LogP contribution in [-0.4, -0.2) is 19.1 Å². The van der Waals surface area contributed by atoms with Crippen LogP contribution in [0.5, 0.6) is 11.5 Å². The quantitative estimate of drug-likeness (QED) is 0.757. The smallest absolute Gasteiger partial charge is 0.262 e. The third kappa shape index (κ3) is 4.63. The van der Waals surface area contributed by atoms with Gasteiger partial charge in [-0.15, -0.1) is 0 Å². The van der Waals surface area contributed by atoms with Crippen LogP contribution in [0.2, 0.25) is 0 Å². The van der Waals surface area contributed by atoms with E-state index in [1.54, 1.807) is 6.07 Å². The number of hydrogen-bond donors (Lipinski definition) is 1. The third-order valence-corrected chi connectivity index (χ3v) is 3.55. The molecule has 4 nitrogen and oxygen atoms in total. The van der Waals surface area contributed by atoms with Gasteiger partial charge in [-0.1, -0.05) is 24.3 Å². The predicted molar refractivity (Wildman–Crippen MR) is 90.9 cm³/mol. The molecule has 0 heterocycles. The van der Waals surface area contributed by atoms with Crippen molar-refractivity contribution in [1.29, 1.82) is 0 Å². The molecule has 0 aliphatic heterocycles. The van der Waals surface area contributed by atoms with Gasteiger partial charge in [-0.3, -0.25) is 4.79 Å². The molecule has 0 unspecified atom stereocenters. The van der Waals surface area contributed by atoms with E-state index in [4.69, 9.17) is 9.47 Å². The summed E-state index contributed by atoms with van der Waals surface area (Å²) in [4.78, 5) is 12.0. The summed E-state index contributed by atoms with van der Waals surface area (Å²) in [6.07, 6.45) is 0. The van der Waals surface area contributed by atoms with Crippen molar-refractivity contribution in [3.8, 4) is 11.5 Å². The predicted octanol–water partition coefficient (Wildman–Crippen LogP) is 3.71. The first-order valence-electron chi connectivity index (χ1n) is 6.59. The van der Waals surface area contributed by atoms with Gasteiger partial charge in [0, 0.05) is 0 Å². The summed E-state index contributed by atoms with van der Waals surface area (Å²) in [5.41, 5.74) is 0.649. The standard InChI is InChI=1S/C16H16INO3/c1-2-20-15-10-6-4-8-13(15)18-16(19)11-21-14-9-5-3-7-12(14)17/h3-10H,2,11H2,1H3,(H,18,19). The molecule has 0 atom stereocenters. The van der Waals surface area contributed by atoms with E-state index >= 15 is 0 Å². The van der Waals surface area contributed by atoms with E-state index in [-0.39, 0.29) is 12.5 Å². The second kappa shape index (κ2) is 7.87. The van der Waals surface area contributed by atoms with Crippen LogP contribution < -0.4 is 14.8 Å². The fourth-order valence-corrected chi connectivity index (χ4v) is 2.29. The molecule has 0 aromatic heterocycles. The van der Waals surface area contributed by atoms with Crippen molar-refractivity contribution in [3.63, 3.8) is 0 Å². The molecular weight excluding hydrogens is 381 g/mol. The third-order valence-electron chi connectivity index (χ3n) is 2.66. The topological polar surface area (TPSA) is 47.6 Å². The lowest BCUT2D eigenvalue weighted by molar-refractivity contribution is -0.118. The Morgan fingerprint density at radius 2 is 1.71 bits per heavy atom. The number of carbonyl (C=O) groups excluding carboxylic acids is 1. The van der Waals surface area contributed by atoms with Gasteiger partial charge in [0.2, 0.25) is 0 Å². The minimum absolute atomic E-state index is 0.0412. The fraction of sp³-hybridized carbons (Fsp3) is 0.188. The van der Waals surface area contributed by atoms with E-state index in [0.717, 1.165) is 3.57 Å². The van der Waals surface area contributed by atoms with Crippen LogP contribution >= 0.6 is 22.6 Å². The summed E-state index contributed by atoms with van der Waals surface area (Å²) in [6, 6.07) is 14.9. The zero-order valence-electron chi connectivity index (χ0n) is 11.6. The summed E-state index contributed by atoms with van der Waals surface area (Å²) < 4.78 is 11.9. The molecule has 0 aliphatic carbocycles. The van der Waals surface area contributed by atoms with E-state index in [1.165, 1.54) is 0 Å². The van der Waals surface area contributed by atoms with Gasteiger partial charge >= 0.3 is 0 Å².